The van der Waals surface area contributed by atoms with E-state index in [0.717, 1.165) is 44.4 Å². The molecule has 0 aliphatic heterocycles. The summed E-state index contributed by atoms with van der Waals surface area (Å²) in [6.45, 7) is 2.22. The molecule has 6 rings (SSSR count). The quantitative estimate of drug-likeness (QED) is 0.675. The van der Waals surface area contributed by atoms with E-state index < -0.39 is 11.6 Å². The first-order valence-corrected chi connectivity index (χ1v) is 12.3. The van der Waals surface area contributed by atoms with Crippen LogP contribution in [-0.4, -0.2) is 27.6 Å². The standard InChI is InChI=1S/C26H34O4/c1-2-25-9-7-18-17-6-5-16(27)11-15(17)12-19(14-3-4-14)23(18)24(25)20-13-21(20)26(25,30)10-8-22(28)29/h8,10-11,14,17-21,23-24,30H,2-7,9,12-13H2,1H3,(H,28,29)/b10-8-/t17-,18+,19+,20+,21-,23-,24-,25-,26-/m0/s1. The Morgan fingerprint density at radius 3 is 2.70 bits per heavy atom. The van der Waals surface area contributed by atoms with Crippen molar-refractivity contribution in [2.45, 2.75) is 70.3 Å². The first-order valence-electron chi connectivity index (χ1n) is 12.3. The van der Waals surface area contributed by atoms with Gasteiger partial charge in [-0.05, 0) is 111 Å². The number of ketones is 1. The number of carbonyl (C=O) groups excluding carboxylic acids is 1. The van der Waals surface area contributed by atoms with E-state index in [1.54, 1.807) is 6.08 Å². The van der Waals surface area contributed by atoms with Crippen molar-refractivity contribution >= 4 is 11.8 Å². The third kappa shape index (κ3) is 2.43. The lowest BCUT2D eigenvalue weighted by molar-refractivity contribution is -0.141. The molecule has 9 atom stereocenters. The second kappa shape index (κ2) is 6.31. The van der Waals surface area contributed by atoms with Gasteiger partial charge in [0.05, 0.1) is 5.60 Å². The fourth-order valence-corrected chi connectivity index (χ4v) is 9.29. The van der Waals surface area contributed by atoms with Gasteiger partial charge in [-0.15, -0.1) is 0 Å². The summed E-state index contributed by atoms with van der Waals surface area (Å²) in [6.07, 6.45) is 14.4. The number of hydrogen-bond acceptors (Lipinski definition) is 3. The number of carboxylic acids is 1. The van der Waals surface area contributed by atoms with E-state index in [1.165, 1.54) is 24.5 Å². The second-order valence-corrected chi connectivity index (χ2v) is 11.4. The Morgan fingerprint density at radius 1 is 1.20 bits per heavy atom. The highest BCUT2D eigenvalue weighted by Gasteiger charge is 2.76. The van der Waals surface area contributed by atoms with Gasteiger partial charge in [0.1, 0.15) is 0 Å². The number of hydrogen-bond donors (Lipinski definition) is 2. The number of aliphatic hydroxyl groups is 1. The highest BCUT2D eigenvalue weighted by atomic mass is 16.4. The van der Waals surface area contributed by atoms with Gasteiger partial charge in [0.2, 0.25) is 0 Å². The van der Waals surface area contributed by atoms with E-state index in [1.807, 2.05) is 6.08 Å². The van der Waals surface area contributed by atoms with Crippen molar-refractivity contribution < 1.29 is 19.8 Å². The van der Waals surface area contributed by atoms with E-state index in [2.05, 4.69) is 6.92 Å². The molecule has 2 N–H and O–H groups in total. The Balaban J connectivity index is 1.43. The van der Waals surface area contributed by atoms with Crippen molar-refractivity contribution in [3.8, 4) is 0 Å². The molecule has 5 saturated carbocycles. The summed E-state index contributed by atoms with van der Waals surface area (Å²) in [6, 6.07) is 0. The van der Waals surface area contributed by atoms with Crippen molar-refractivity contribution in [3.63, 3.8) is 0 Å². The monoisotopic (exact) mass is 410 g/mol. The molecule has 0 radical (unpaired) electrons. The van der Waals surface area contributed by atoms with Gasteiger partial charge in [-0.2, -0.15) is 0 Å². The summed E-state index contributed by atoms with van der Waals surface area (Å²) >= 11 is 0. The van der Waals surface area contributed by atoms with Crippen LogP contribution in [0, 0.1) is 52.8 Å². The summed E-state index contributed by atoms with van der Waals surface area (Å²) in [7, 11) is 0. The second-order valence-electron chi connectivity index (χ2n) is 11.4. The number of aliphatic carboxylic acids is 1. The van der Waals surface area contributed by atoms with E-state index >= 15 is 0 Å². The van der Waals surface area contributed by atoms with Gasteiger partial charge in [-0.25, -0.2) is 4.79 Å². The molecule has 0 spiro atoms. The average molecular weight is 411 g/mol. The molecule has 6 aliphatic rings. The predicted molar refractivity (Wildman–Crippen MR) is 112 cm³/mol. The molecule has 6 aliphatic carbocycles. The van der Waals surface area contributed by atoms with Crippen molar-refractivity contribution in [2.75, 3.05) is 0 Å². The minimum absolute atomic E-state index is 0.174. The van der Waals surface area contributed by atoms with E-state index in [-0.39, 0.29) is 11.3 Å². The van der Waals surface area contributed by atoms with Gasteiger partial charge in [0.15, 0.2) is 5.78 Å². The van der Waals surface area contributed by atoms with Crippen LogP contribution in [0.4, 0.5) is 0 Å². The zero-order valence-corrected chi connectivity index (χ0v) is 17.9. The SMILES string of the molecule is CC[C@]12CC[C@H]3[C@H]([C@@H]1[C@@H]1C[C@@H]1[C@@]2(O)/C=C\C(=O)O)[C@@H](C1CC1)CC1=CC(=O)CC[C@@H]13. The van der Waals surface area contributed by atoms with Gasteiger partial charge >= 0.3 is 5.97 Å². The number of rotatable bonds is 4. The van der Waals surface area contributed by atoms with Crippen LogP contribution in [0.2, 0.25) is 0 Å². The summed E-state index contributed by atoms with van der Waals surface area (Å²) in [5.74, 6) is 3.99. The molecule has 0 amide bonds. The molecule has 30 heavy (non-hydrogen) atoms. The predicted octanol–water partition coefficient (Wildman–Crippen LogP) is 4.38. The van der Waals surface area contributed by atoms with Crippen LogP contribution in [0.25, 0.3) is 0 Å². The lowest BCUT2D eigenvalue weighted by Gasteiger charge is -2.60. The summed E-state index contributed by atoms with van der Waals surface area (Å²) in [5, 5.41) is 21.3. The normalized spacial score (nSPS) is 51.6. The van der Waals surface area contributed by atoms with Crippen molar-refractivity contribution in [1.82, 2.24) is 0 Å². The minimum Gasteiger partial charge on any atom is -0.478 e. The molecule has 0 bridgehead atoms. The first-order chi connectivity index (χ1) is 14.4. The lowest BCUT2D eigenvalue weighted by atomic mass is 9.45. The van der Waals surface area contributed by atoms with E-state index in [4.69, 9.17) is 0 Å². The molecule has 4 heteroatoms. The van der Waals surface area contributed by atoms with Crippen LogP contribution in [0.5, 0.6) is 0 Å². The topological polar surface area (TPSA) is 74.6 Å². The van der Waals surface area contributed by atoms with Crippen LogP contribution in [0.3, 0.4) is 0 Å². The molecule has 0 heterocycles. The maximum atomic E-state index is 12.2. The third-order valence-electron chi connectivity index (χ3n) is 10.5. The highest BCUT2D eigenvalue weighted by Crippen LogP contribution is 2.78. The Labute approximate surface area is 178 Å². The summed E-state index contributed by atoms with van der Waals surface area (Å²) < 4.78 is 0. The average Bonchev–Trinajstić information content (AvgIpc) is 3.63. The molecule has 0 aromatic carbocycles. The van der Waals surface area contributed by atoms with Gasteiger partial charge in [-0.3, -0.25) is 4.79 Å². The molecule has 0 saturated heterocycles. The maximum absolute atomic E-state index is 12.2. The molecule has 162 valence electrons. The summed E-state index contributed by atoms with van der Waals surface area (Å²) in [4.78, 5) is 23.5. The van der Waals surface area contributed by atoms with Gasteiger partial charge in [-0.1, -0.05) is 12.5 Å². The Bertz CT molecular complexity index is 853. The Morgan fingerprint density at radius 2 is 2.00 bits per heavy atom. The number of allylic oxidation sites excluding steroid dienone is 1. The molecule has 0 unspecified atom stereocenters. The van der Waals surface area contributed by atoms with Crippen LogP contribution in [-0.2, 0) is 9.59 Å². The van der Waals surface area contributed by atoms with Gasteiger partial charge < -0.3 is 10.2 Å². The van der Waals surface area contributed by atoms with Gasteiger partial charge in [0, 0.05) is 17.9 Å². The Hall–Kier alpha value is -1.42. The lowest BCUT2D eigenvalue weighted by Crippen LogP contribution is -2.57. The van der Waals surface area contributed by atoms with Crippen LogP contribution in [0.15, 0.2) is 23.8 Å². The Kier molecular flexibility index (Phi) is 4.05. The zero-order valence-electron chi connectivity index (χ0n) is 17.9. The highest BCUT2D eigenvalue weighted by molar-refractivity contribution is 5.91. The fraction of sp³-hybridized carbons (Fsp3) is 0.769. The molecule has 5 fully saturated rings. The smallest absolute Gasteiger partial charge is 0.328 e. The number of carboxylic acid groups (broad SMARTS) is 1. The number of fused-ring (bicyclic) bond motifs is 7. The molecule has 0 aromatic heterocycles. The van der Waals surface area contributed by atoms with Crippen LogP contribution < -0.4 is 0 Å². The summed E-state index contributed by atoms with van der Waals surface area (Å²) in [5.41, 5.74) is 0.305. The zero-order chi connectivity index (χ0) is 20.8. The van der Waals surface area contributed by atoms with E-state index in [0.29, 0.717) is 47.7 Å². The molecular weight excluding hydrogens is 376 g/mol. The third-order valence-corrected chi connectivity index (χ3v) is 10.5. The molecule has 0 aromatic rings. The van der Waals surface area contributed by atoms with Gasteiger partial charge in [0.25, 0.3) is 0 Å². The van der Waals surface area contributed by atoms with Crippen LogP contribution >= 0.6 is 0 Å². The number of carbonyl (C=O) groups is 2. The minimum atomic E-state index is -0.965. The molecular formula is C26H34O4. The van der Waals surface area contributed by atoms with Crippen molar-refractivity contribution in [3.05, 3.63) is 23.8 Å². The van der Waals surface area contributed by atoms with E-state index in [9.17, 15) is 19.8 Å². The molecule has 4 nitrogen and oxygen atoms in total. The fourth-order valence-electron chi connectivity index (χ4n) is 9.29. The van der Waals surface area contributed by atoms with Crippen molar-refractivity contribution in [2.24, 2.45) is 52.8 Å². The van der Waals surface area contributed by atoms with Crippen molar-refractivity contribution in [1.29, 1.82) is 0 Å². The maximum Gasteiger partial charge on any atom is 0.328 e. The largest absolute Gasteiger partial charge is 0.478 e. The van der Waals surface area contributed by atoms with Crippen LogP contribution in [0.1, 0.15) is 64.7 Å². The first kappa shape index (κ1) is 19.3.